The lowest BCUT2D eigenvalue weighted by atomic mass is 10.0. The Morgan fingerprint density at radius 3 is 2.43 bits per heavy atom. The summed E-state index contributed by atoms with van der Waals surface area (Å²) < 4.78 is 7.09. The van der Waals surface area contributed by atoms with E-state index in [-0.39, 0.29) is 5.54 Å². The molecule has 28 heavy (non-hydrogen) atoms. The Labute approximate surface area is 165 Å². The molecule has 0 bridgehead atoms. The monoisotopic (exact) mass is 384 g/mol. The zero-order valence-electron chi connectivity index (χ0n) is 17.0. The minimum absolute atomic E-state index is 0.252. The molecule has 1 N–H and O–H groups in total. The highest BCUT2D eigenvalue weighted by molar-refractivity contribution is 6.43. The van der Waals surface area contributed by atoms with E-state index >= 15 is 0 Å². The summed E-state index contributed by atoms with van der Waals surface area (Å²) in [5.41, 5.74) is 2.18. The highest BCUT2D eigenvalue weighted by atomic mass is 16.5. The fourth-order valence-corrected chi connectivity index (χ4v) is 3.56. The van der Waals surface area contributed by atoms with Crippen LogP contribution in [0.2, 0.25) is 0 Å². The number of aryl methyl sites for hydroxylation is 1. The summed E-state index contributed by atoms with van der Waals surface area (Å²) in [6.45, 7) is 11.1. The van der Waals surface area contributed by atoms with E-state index in [2.05, 4.69) is 29.2 Å². The largest absolute Gasteiger partial charge is 0.379 e. The highest BCUT2D eigenvalue weighted by Crippen LogP contribution is 2.19. The van der Waals surface area contributed by atoms with Crippen LogP contribution in [0.3, 0.4) is 0 Å². The molecule has 1 aliphatic rings. The van der Waals surface area contributed by atoms with E-state index in [1.807, 2.05) is 37.3 Å². The van der Waals surface area contributed by atoms with Crippen molar-refractivity contribution in [2.45, 2.75) is 33.2 Å². The van der Waals surface area contributed by atoms with Gasteiger partial charge in [0.25, 0.3) is 11.7 Å². The fourth-order valence-electron chi connectivity index (χ4n) is 3.56. The Kier molecular flexibility index (Phi) is 5.96. The molecular formula is C21H28N4O3. The second kappa shape index (κ2) is 8.24. The molecule has 2 heterocycles. The van der Waals surface area contributed by atoms with E-state index in [4.69, 9.17) is 4.74 Å². The number of hydrogen-bond donors (Lipinski definition) is 1. The van der Waals surface area contributed by atoms with Crippen LogP contribution in [0.5, 0.6) is 0 Å². The first kappa shape index (κ1) is 20.2. The number of ketones is 1. The third kappa shape index (κ3) is 4.15. The number of Topliss-reactive ketones (excluding diaryl/α,β-unsaturated/α-hetero) is 1. The SMILES string of the molecule is Cc1nn(-c2ccccc2)c(C)c1C(=O)C(=O)NCC(C)(C)N1CCOCC1. The summed E-state index contributed by atoms with van der Waals surface area (Å²) >= 11 is 0. The number of carbonyl (C=O) groups is 2. The molecule has 2 aromatic rings. The van der Waals surface area contributed by atoms with Gasteiger partial charge < -0.3 is 10.1 Å². The van der Waals surface area contributed by atoms with E-state index in [1.165, 1.54) is 0 Å². The number of amides is 1. The Morgan fingerprint density at radius 2 is 1.79 bits per heavy atom. The number of carbonyl (C=O) groups excluding carboxylic acids is 2. The molecule has 0 aliphatic carbocycles. The zero-order valence-corrected chi connectivity index (χ0v) is 17.0. The second-order valence-corrected chi connectivity index (χ2v) is 7.72. The standard InChI is InChI=1S/C21H28N4O3/c1-15-18(16(2)25(23-15)17-8-6-5-7-9-17)19(26)20(27)22-14-21(3,4)24-10-12-28-13-11-24/h5-9H,10-14H2,1-4H3,(H,22,27). The highest BCUT2D eigenvalue weighted by Gasteiger charge is 2.31. The van der Waals surface area contributed by atoms with E-state index in [0.717, 1.165) is 18.8 Å². The number of nitrogens with one attached hydrogen (secondary N) is 1. The summed E-state index contributed by atoms with van der Waals surface area (Å²) in [6, 6.07) is 9.57. The molecule has 0 spiro atoms. The number of para-hydroxylation sites is 1. The van der Waals surface area contributed by atoms with E-state index in [1.54, 1.807) is 11.6 Å². The van der Waals surface area contributed by atoms with Gasteiger partial charge in [0, 0.05) is 25.2 Å². The molecule has 1 saturated heterocycles. The van der Waals surface area contributed by atoms with Gasteiger partial charge in [-0.25, -0.2) is 4.68 Å². The molecule has 1 aliphatic heterocycles. The molecule has 7 nitrogen and oxygen atoms in total. The van der Waals surface area contributed by atoms with Gasteiger partial charge in [0.15, 0.2) is 0 Å². The van der Waals surface area contributed by atoms with Gasteiger partial charge in [0.2, 0.25) is 0 Å². The lowest BCUT2D eigenvalue weighted by Gasteiger charge is -2.40. The van der Waals surface area contributed by atoms with Crippen LogP contribution in [0.1, 0.15) is 35.6 Å². The van der Waals surface area contributed by atoms with Crippen LogP contribution in [0, 0.1) is 13.8 Å². The summed E-state index contributed by atoms with van der Waals surface area (Å²) in [6.07, 6.45) is 0. The number of nitrogens with zero attached hydrogens (tertiary/aromatic N) is 3. The van der Waals surface area contributed by atoms with Crippen LogP contribution in [-0.2, 0) is 9.53 Å². The second-order valence-electron chi connectivity index (χ2n) is 7.72. The zero-order chi connectivity index (χ0) is 20.3. The topological polar surface area (TPSA) is 76.5 Å². The first-order chi connectivity index (χ1) is 13.3. The summed E-state index contributed by atoms with van der Waals surface area (Å²) in [7, 11) is 0. The van der Waals surface area contributed by atoms with Gasteiger partial charge >= 0.3 is 0 Å². The van der Waals surface area contributed by atoms with Crippen molar-refractivity contribution in [2.75, 3.05) is 32.8 Å². The molecule has 0 saturated carbocycles. The van der Waals surface area contributed by atoms with Crippen LogP contribution < -0.4 is 5.32 Å². The van der Waals surface area contributed by atoms with Crippen molar-refractivity contribution in [1.82, 2.24) is 20.0 Å². The Hall–Kier alpha value is -2.51. The molecule has 1 aromatic carbocycles. The Balaban J connectivity index is 1.71. The molecule has 7 heteroatoms. The average Bonchev–Trinajstić information content (AvgIpc) is 3.01. The maximum atomic E-state index is 12.8. The van der Waals surface area contributed by atoms with E-state index in [0.29, 0.717) is 36.7 Å². The third-order valence-corrected chi connectivity index (χ3v) is 5.27. The van der Waals surface area contributed by atoms with Crippen molar-refractivity contribution >= 4 is 11.7 Å². The van der Waals surface area contributed by atoms with Gasteiger partial charge in [-0.15, -0.1) is 0 Å². The van der Waals surface area contributed by atoms with E-state index in [9.17, 15) is 9.59 Å². The van der Waals surface area contributed by atoms with Crippen LogP contribution >= 0.6 is 0 Å². The van der Waals surface area contributed by atoms with Gasteiger partial charge in [0.05, 0.1) is 35.9 Å². The third-order valence-electron chi connectivity index (χ3n) is 5.27. The number of hydrogen-bond acceptors (Lipinski definition) is 5. The predicted molar refractivity (Wildman–Crippen MR) is 107 cm³/mol. The van der Waals surface area contributed by atoms with Crippen molar-refractivity contribution in [3.05, 3.63) is 47.3 Å². The minimum atomic E-state index is -0.597. The van der Waals surface area contributed by atoms with Crippen molar-refractivity contribution in [3.63, 3.8) is 0 Å². The first-order valence-electron chi connectivity index (χ1n) is 9.58. The van der Waals surface area contributed by atoms with Crippen LogP contribution in [0.25, 0.3) is 5.69 Å². The van der Waals surface area contributed by atoms with Gasteiger partial charge in [-0.3, -0.25) is 14.5 Å². The minimum Gasteiger partial charge on any atom is -0.379 e. The lowest BCUT2D eigenvalue weighted by molar-refractivity contribution is -0.117. The van der Waals surface area contributed by atoms with Gasteiger partial charge in [0.1, 0.15) is 0 Å². The number of ether oxygens (including phenoxy) is 1. The first-order valence-corrected chi connectivity index (χ1v) is 9.58. The molecule has 0 radical (unpaired) electrons. The Bertz CT molecular complexity index is 852. The maximum Gasteiger partial charge on any atom is 0.292 e. The fraction of sp³-hybridized carbons (Fsp3) is 0.476. The van der Waals surface area contributed by atoms with Gasteiger partial charge in [-0.2, -0.15) is 5.10 Å². The van der Waals surface area contributed by atoms with Crippen molar-refractivity contribution in [2.24, 2.45) is 0 Å². The molecule has 0 atom stereocenters. The van der Waals surface area contributed by atoms with E-state index < -0.39 is 11.7 Å². The van der Waals surface area contributed by atoms with Crippen molar-refractivity contribution in [3.8, 4) is 5.69 Å². The smallest absolute Gasteiger partial charge is 0.292 e. The average molecular weight is 384 g/mol. The van der Waals surface area contributed by atoms with Crippen LogP contribution in [-0.4, -0.2) is 64.8 Å². The Morgan fingerprint density at radius 1 is 1.14 bits per heavy atom. The molecule has 1 aromatic heterocycles. The van der Waals surface area contributed by atoms with Crippen LogP contribution in [0.15, 0.2) is 30.3 Å². The van der Waals surface area contributed by atoms with Crippen LogP contribution in [0.4, 0.5) is 0 Å². The normalized spacial score (nSPS) is 15.4. The summed E-state index contributed by atoms with van der Waals surface area (Å²) in [5.74, 6) is -1.14. The van der Waals surface area contributed by atoms with Crippen molar-refractivity contribution < 1.29 is 14.3 Å². The molecular weight excluding hydrogens is 356 g/mol. The molecule has 150 valence electrons. The molecule has 1 fully saturated rings. The van der Waals surface area contributed by atoms with Crippen molar-refractivity contribution in [1.29, 1.82) is 0 Å². The predicted octanol–water partition coefficient (Wildman–Crippen LogP) is 1.90. The number of rotatable bonds is 6. The lowest BCUT2D eigenvalue weighted by Crippen LogP contribution is -2.55. The number of morpholine rings is 1. The molecule has 1 amide bonds. The molecule has 0 unspecified atom stereocenters. The summed E-state index contributed by atoms with van der Waals surface area (Å²) in [4.78, 5) is 27.7. The molecule has 3 rings (SSSR count). The quantitative estimate of drug-likeness (QED) is 0.608. The van der Waals surface area contributed by atoms with Gasteiger partial charge in [-0.1, -0.05) is 18.2 Å². The van der Waals surface area contributed by atoms with Gasteiger partial charge in [-0.05, 0) is 39.8 Å². The number of aromatic nitrogens is 2. The summed E-state index contributed by atoms with van der Waals surface area (Å²) in [5, 5.41) is 7.27. The number of benzene rings is 1. The maximum absolute atomic E-state index is 12.8.